The monoisotopic (exact) mass is 566 g/mol. The second-order valence-electron chi connectivity index (χ2n) is 11.4. The minimum atomic E-state index is -0.157. The number of benzene rings is 2. The Balaban J connectivity index is 0.974. The Morgan fingerprint density at radius 2 is 1.90 bits per heavy atom. The van der Waals surface area contributed by atoms with Gasteiger partial charge in [0.25, 0.3) is 0 Å². The number of nitrogens with one attached hydrogen (secondary N) is 2. The van der Waals surface area contributed by atoms with E-state index in [1.165, 1.54) is 0 Å². The first-order chi connectivity index (χ1) is 20.6. The number of nitrogens with zero attached hydrogens (tertiary/aromatic N) is 4. The normalized spacial score (nSPS) is 21.1. The average Bonchev–Trinajstić information content (AvgIpc) is 3.49. The highest BCUT2D eigenvalue weighted by Crippen LogP contribution is 2.56. The lowest BCUT2D eigenvalue weighted by atomic mass is 9.56. The lowest BCUT2D eigenvalue weighted by molar-refractivity contribution is -0.225. The molecule has 1 saturated carbocycles. The van der Waals surface area contributed by atoms with Crippen molar-refractivity contribution in [3.8, 4) is 17.2 Å². The summed E-state index contributed by atoms with van der Waals surface area (Å²) in [5.41, 5.74) is 2.88. The molecule has 3 aromatic heterocycles. The molecule has 1 aliphatic carbocycles. The van der Waals surface area contributed by atoms with E-state index < -0.39 is 0 Å². The van der Waals surface area contributed by atoms with Crippen molar-refractivity contribution in [2.75, 3.05) is 44.6 Å². The second kappa shape index (κ2) is 10.7. The molecule has 10 heteroatoms. The van der Waals surface area contributed by atoms with Crippen LogP contribution < -0.4 is 24.8 Å². The highest BCUT2D eigenvalue weighted by atomic mass is 16.5. The van der Waals surface area contributed by atoms with Crippen LogP contribution in [0.2, 0.25) is 0 Å². The zero-order valence-electron chi connectivity index (χ0n) is 23.8. The maximum absolute atomic E-state index is 6.31. The van der Waals surface area contributed by atoms with Crippen molar-refractivity contribution in [2.24, 2.45) is 5.41 Å². The predicted octanol–water partition coefficient (Wildman–Crippen LogP) is 5.34. The third-order valence-electron chi connectivity index (χ3n) is 8.57. The Hall–Kier alpha value is -4.57. The van der Waals surface area contributed by atoms with Gasteiger partial charge >= 0.3 is 0 Å². The molecule has 0 spiro atoms. The van der Waals surface area contributed by atoms with Crippen LogP contribution >= 0.6 is 0 Å². The van der Waals surface area contributed by atoms with Gasteiger partial charge in [-0.1, -0.05) is 0 Å². The summed E-state index contributed by atoms with van der Waals surface area (Å²) in [7, 11) is 3.32. The summed E-state index contributed by atoms with van der Waals surface area (Å²) in [6.45, 7) is 2.79. The molecule has 2 aromatic carbocycles. The third-order valence-corrected chi connectivity index (χ3v) is 8.57. The predicted molar refractivity (Wildman–Crippen MR) is 161 cm³/mol. The zero-order valence-corrected chi connectivity index (χ0v) is 23.8. The molecule has 2 aliphatic heterocycles. The second-order valence-corrected chi connectivity index (χ2v) is 11.4. The van der Waals surface area contributed by atoms with Gasteiger partial charge in [-0.2, -0.15) is 0 Å². The highest BCUT2D eigenvalue weighted by Gasteiger charge is 2.58. The number of fused-ring (bicyclic) bond motifs is 4. The van der Waals surface area contributed by atoms with Gasteiger partial charge in [0.2, 0.25) is 0 Å². The van der Waals surface area contributed by atoms with Crippen LogP contribution in [-0.2, 0) is 11.3 Å². The summed E-state index contributed by atoms with van der Waals surface area (Å²) in [5, 5.41) is 17.3. The van der Waals surface area contributed by atoms with Crippen molar-refractivity contribution >= 4 is 27.9 Å². The van der Waals surface area contributed by atoms with E-state index in [1.54, 1.807) is 20.5 Å². The van der Waals surface area contributed by atoms with Crippen molar-refractivity contribution in [1.82, 2.24) is 19.6 Å². The van der Waals surface area contributed by atoms with E-state index >= 15 is 0 Å². The van der Waals surface area contributed by atoms with E-state index in [1.807, 2.05) is 53.2 Å². The number of pyridine rings is 2. The molecule has 42 heavy (non-hydrogen) atoms. The SMILES string of the molecule is COc1ccc(CNc2nccc3cc(NCC45CC(COc6ccn7cnnc7c6)(CCO4)C5)ccc23)c(OC)c1. The van der Waals surface area contributed by atoms with E-state index in [0.717, 1.165) is 83.2 Å². The molecule has 2 N–H and O–H groups in total. The lowest BCUT2D eigenvalue weighted by Crippen LogP contribution is -2.63. The molecule has 0 radical (unpaired) electrons. The van der Waals surface area contributed by atoms with Crippen LogP contribution in [0.1, 0.15) is 24.8 Å². The first-order valence-corrected chi connectivity index (χ1v) is 14.2. The number of hydrogen-bond acceptors (Lipinski definition) is 9. The summed E-state index contributed by atoms with van der Waals surface area (Å²) >= 11 is 0. The Labute approximate surface area is 244 Å². The van der Waals surface area contributed by atoms with Gasteiger partial charge in [-0.15, -0.1) is 10.2 Å². The maximum atomic E-state index is 6.31. The van der Waals surface area contributed by atoms with E-state index in [-0.39, 0.29) is 11.0 Å². The summed E-state index contributed by atoms with van der Waals surface area (Å²) in [5.74, 6) is 3.20. The maximum Gasteiger partial charge on any atom is 0.164 e. The van der Waals surface area contributed by atoms with Crippen LogP contribution in [0.4, 0.5) is 11.5 Å². The van der Waals surface area contributed by atoms with Crippen LogP contribution in [0.25, 0.3) is 16.4 Å². The van der Waals surface area contributed by atoms with Crippen LogP contribution in [0.3, 0.4) is 0 Å². The number of methoxy groups -OCH3 is 2. The number of rotatable bonds is 11. The molecule has 5 aromatic rings. The molecule has 0 atom stereocenters. The lowest BCUT2D eigenvalue weighted by Gasteiger charge is -2.59. The number of aromatic nitrogens is 4. The molecule has 8 rings (SSSR count). The first-order valence-electron chi connectivity index (χ1n) is 14.2. The van der Waals surface area contributed by atoms with Crippen LogP contribution in [-0.4, -0.2) is 59.2 Å². The quantitative estimate of drug-likeness (QED) is 0.219. The van der Waals surface area contributed by atoms with Gasteiger partial charge in [0.15, 0.2) is 5.65 Å². The minimum absolute atomic E-state index is 0.155. The Morgan fingerprint density at radius 3 is 2.79 bits per heavy atom. The number of anilines is 2. The molecule has 10 nitrogen and oxygen atoms in total. The van der Waals surface area contributed by atoms with E-state index in [0.29, 0.717) is 13.2 Å². The molecule has 3 aliphatic rings. The standard InChI is InChI=1S/C32H34N6O4/c1-39-25-5-3-23(28(14-25)40-2)16-34-30-27-6-4-24(13-22(27)7-10-33-30)35-19-32-17-31(18-32,9-12-42-32)20-41-26-8-11-38-21-36-37-29(38)15-26/h3-8,10-11,13-15,21,35H,9,12,16-20H2,1-2H3,(H,33,34). The van der Waals surface area contributed by atoms with Gasteiger partial charge in [-0.3, -0.25) is 4.40 Å². The molecule has 5 heterocycles. The molecule has 0 amide bonds. The van der Waals surface area contributed by atoms with Gasteiger partial charge < -0.3 is 29.6 Å². The van der Waals surface area contributed by atoms with Crippen molar-refractivity contribution < 1.29 is 18.9 Å². The number of hydrogen-bond donors (Lipinski definition) is 2. The minimum Gasteiger partial charge on any atom is -0.497 e. The average molecular weight is 567 g/mol. The molecule has 2 saturated heterocycles. The van der Waals surface area contributed by atoms with E-state index in [2.05, 4.69) is 44.0 Å². The van der Waals surface area contributed by atoms with Gasteiger partial charge in [-0.25, -0.2) is 4.98 Å². The van der Waals surface area contributed by atoms with Crippen LogP contribution in [0.15, 0.2) is 73.3 Å². The summed E-state index contributed by atoms with van der Waals surface area (Å²) in [4.78, 5) is 4.60. The summed E-state index contributed by atoms with van der Waals surface area (Å²) in [6, 6.07) is 18.2. The molecule has 0 unspecified atom stereocenters. The molecular weight excluding hydrogens is 532 g/mol. The summed E-state index contributed by atoms with van der Waals surface area (Å²) in [6.07, 6.45) is 8.44. The first kappa shape index (κ1) is 26.3. The fraction of sp³-hybridized carbons (Fsp3) is 0.344. The fourth-order valence-corrected chi connectivity index (χ4v) is 6.42. The molecule has 2 bridgehead atoms. The third kappa shape index (κ3) is 5.02. The van der Waals surface area contributed by atoms with Gasteiger partial charge in [-0.05, 0) is 67.1 Å². The number of ether oxygens (including phenoxy) is 4. The molecular formula is C32H34N6O4. The van der Waals surface area contributed by atoms with Gasteiger partial charge in [0.1, 0.15) is 29.4 Å². The smallest absolute Gasteiger partial charge is 0.164 e. The van der Waals surface area contributed by atoms with Gasteiger partial charge in [0, 0.05) is 66.3 Å². The summed E-state index contributed by atoms with van der Waals surface area (Å²) < 4.78 is 25.3. The molecule has 3 fully saturated rings. The van der Waals surface area contributed by atoms with Crippen molar-refractivity contribution in [1.29, 1.82) is 0 Å². The van der Waals surface area contributed by atoms with Crippen molar-refractivity contribution in [2.45, 2.75) is 31.4 Å². The molecule has 216 valence electrons. The van der Waals surface area contributed by atoms with E-state index in [9.17, 15) is 0 Å². The topological polar surface area (TPSA) is 104 Å². The largest absolute Gasteiger partial charge is 0.497 e. The van der Waals surface area contributed by atoms with E-state index in [4.69, 9.17) is 18.9 Å². The van der Waals surface area contributed by atoms with Crippen LogP contribution in [0, 0.1) is 5.41 Å². The Kier molecular flexibility index (Phi) is 6.70. The highest BCUT2D eigenvalue weighted by molar-refractivity contribution is 5.93. The van der Waals surface area contributed by atoms with Gasteiger partial charge in [0.05, 0.1) is 26.4 Å². The van der Waals surface area contributed by atoms with Crippen molar-refractivity contribution in [3.05, 3.63) is 78.9 Å². The Morgan fingerprint density at radius 1 is 0.976 bits per heavy atom. The van der Waals surface area contributed by atoms with Crippen molar-refractivity contribution in [3.63, 3.8) is 0 Å². The Bertz CT molecular complexity index is 1730. The fourth-order valence-electron chi connectivity index (χ4n) is 6.42. The van der Waals surface area contributed by atoms with Crippen LogP contribution in [0.5, 0.6) is 17.2 Å². The zero-order chi connectivity index (χ0) is 28.6.